The van der Waals surface area contributed by atoms with Crippen molar-refractivity contribution >= 4 is 17.2 Å². The Morgan fingerprint density at radius 2 is 2.14 bits per heavy atom. The molecule has 0 aliphatic rings. The molecule has 0 radical (unpaired) electrons. The van der Waals surface area contributed by atoms with Crippen LogP contribution in [0.2, 0.25) is 0 Å². The summed E-state index contributed by atoms with van der Waals surface area (Å²) in [5.74, 6) is 1.14. The van der Waals surface area contributed by atoms with E-state index in [1.54, 1.807) is 11.3 Å². The van der Waals surface area contributed by atoms with Gasteiger partial charge in [0.25, 0.3) is 0 Å². The summed E-state index contributed by atoms with van der Waals surface area (Å²) in [5, 5.41) is 7.79. The average Bonchev–Trinajstić information content (AvgIpc) is 2.93. The second-order valence-corrected chi connectivity index (χ2v) is 6.66. The maximum Gasteiger partial charge on any atom is 0.130 e. The molecule has 0 aliphatic carbocycles. The monoisotopic (exact) mass is 307 g/mol. The number of aryl methyl sites for hydroxylation is 3. The molecule has 0 bridgehead atoms. The Morgan fingerprint density at radius 1 is 1.43 bits per heavy atom. The second-order valence-electron chi connectivity index (χ2n) is 5.60. The zero-order valence-electron chi connectivity index (χ0n) is 13.6. The lowest BCUT2D eigenvalue weighted by Crippen LogP contribution is -2.25. The van der Waals surface area contributed by atoms with Crippen LogP contribution in [0.4, 0.5) is 5.82 Å². The molecule has 0 aliphatic heterocycles. The average molecular weight is 307 g/mol. The molecule has 0 fully saturated rings. The highest BCUT2D eigenvalue weighted by Crippen LogP contribution is 2.25. The van der Waals surface area contributed by atoms with Crippen molar-refractivity contribution in [3.63, 3.8) is 0 Å². The highest BCUT2D eigenvalue weighted by atomic mass is 32.1. The third-order valence-electron chi connectivity index (χ3n) is 3.73. The predicted molar refractivity (Wildman–Crippen MR) is 88.9 cm³/mol. The van der Waals surface area contributed by atoms with Crippen LogP contribution in [-0.2, 0) is 20.0 Å². The minimum Gasteiger partial charge on any atom is -0.354 e. The van der Waals surface area contributed by atoms with Gasteiger partial charge in [-0.3, -0.25) is 4.68 Å². The van der Waals surface area contributed by atoms with Crippen LogP contribution in [0.5, 0.6) is 0 Å². The van der Waals surface area contributed by atoms with E-state index in [1.807, 2.05) is 18.7 Å². The smallest absolute Gasteiger partial charge is 0.130 e. The van der Waals surface area contributed by atoms with Gasteiger partial charge in [-0.1, -0.05) is 6.92 Å². The fourth-order valence-electron chi connectivity index (χ4n) is 2.61. The van der Waals surface area contributed by atoms with Crippen LogP contribution >= 0.6 is 11.3 Å². The maximum absolute atomic E-state index is 6.14. The van der Waals surface area contributed by atoms with Crippen LogP contribution in [0.25, 0.3) is 0 Å². The molecule has 116 valence electrons. The number of aromatic nitrogens is 3. The first kappa shape index (κ1) is 16.0. The lowest BCUT2D eigenvalue weighted by atomic mass is 10.0. The minimum atomic E-state index is 0.182. The third-order valence-corrected chi connectivity index (χ3v) is 4.55. The second kappa shape index (κ2) is 6.58. The maximum atomic E-state index is 6.14. The van der Waals surface area contributed by atoms with Crippen molar-refractivity contribution in [2.75, 3.05) is 11.9 Å². The van der Waals surface area contributed by atoms with Crippen molar-refractivity contribution in [3.8, 4) is 0 Å². The number of anilines is 1. The van der Waals surface area contributed by atoms with E-state index >= 15 is 0 Å². The highest BCUT2D eigenvalue weighted by Gasteiger charge is 2.19. The highest BCUT2D eigenvalue weighted by molar-refractivity contribution is 7.09. The zero-order chi connectivity index (χ0) is 15.6. The SMILES string of the molecule is CCC(N)Cc1c(C)nn(C)c1N(C)Cc1csc(C)n1. The van der Waals surface area contributed by atoms with Gasteiger partial charge >= 0.3 is 0 Å². The lowest BCUT2D eigenvalue weighted by molar-refractivity contribution is 0.642. The van der Waals surface area contributed by atoms with E-state index in [9.17, 15) is 0 Å². The summed E-state index contributed by atoms with van der Waals surface area (Å²) in [7, 11) is 4.08. The number of rotatable bonds is 6. The summed E-state index contributed by atoms with van der Waals surface area (Å²) in [6.07, 6.45) is 1.84. The normalized spacial score (nSPS) is 12.7. The van der Waals surface area contributed by atoms with E-state index in [4.69, 9.17) is 5.73 Å². The Bertz CT molecular complexity index is 601. The Labute approximate surface area is 130 Å². The summed E-state index contributed by atoms with van der Waals surface area (Å²) in [6, 6.07) is 0.182. The molecule has 0 amide bonds. The number of nitrogens with zero attached hydrogens (tertiary/aromatic N) is 4. The Hall–Kier alpha value is -1.40. The summed E-state index contributed by atoms with van der Waals surface area (Å²) in [4.78, 5) is 6.76. The van der Waals surface area contributed by atoms with Gasteiger partial charge in [-0.25, -0.2) is 4.98 Å². The number of nitrogens with two attached hydrogens (primary N) is 1. The summed E-state index contributed by atoms with van der Waals surface area (Å²) in [6.45, 7) is 7.01. The predicted octanol–water partition coefficient (Wildman–Crippen LogP) is 2.41. The van der Waals surface area contributed by atoms with Gasteiger partial charge in [-0.2, -0.15) is 5.10 Å². The van der Waals surface area contributed by atoms with Gasteiger partial charge in [0.1, 0.15) is 5.82 Å². The first-order chi connectivity index (χ1) is 9.92. The molecular formula is C15H25N5S. The van der Waals surface area contributed by atoms with E-state index in [0.717, 1.165) is 41.6 Å². The molecule has 0 saturated carbocycles. The molecule has 1 atom stereocenters. The van der Waals surface area contributed by atoms with E-state index in [-0.39, 0.29) is 6.04 Å². The van der Waals surface area contributed by atoms with Crippen LogP contribution in [0, 0.1) is 13.8 Å². The Morgan fingerprint density at radius 3 is 2.71 bits per heavy atom. The molecule has 2 aromatic rings. The molecular weight excluding hydrogens is 282 g/mol. The van der Waals surface area contributed by atoms with Crippen molar-refractivity contribution in [1.82, 2.24) is 14.8 Å². The molecule has 5 nitrogen and oxygen atoms in total. The molecule has 0 spiro atoms. The van der Waals surface area contributed by atoms with E-state index in [1.165, 1.54) is 5.56 Å². The first-order valence-corrected chi connectivity index (χ1v) is 8.20. The van der Waals surface area contributed by atoms with Gasteiger partial charge in [0, 0.05) is 31.1 Å². The Kier molecular flexibility index (Phi) is 5.00. The van der Waals surface area contributed by atoms with Crippen LogP contribution in [0.1, 0.15) is 35.3 Å². The number of thiazole rings is 1. The van der Waals surface area contributed by atoms with Crippen LogP contribution < -0.4 is 10.6 Å². The van der Waals surface area contributed by atoms with Gasteiger partial charge in [0.2, 0.25) is 0 Å². The molecule has 6 heteroatoms. The summed E-state index contributed by atoms with van der Waals surface area (Å²) >= 11 is 1.69. The number of hydrogen-bond acceptors (Lipinski definition) is 5. The standard InChI is InChI=1S/C15H25N5S/c1-6-12(16)7-14-10(2)18-20(5)15(14)19(4)8-13-9-21-11(3)17-13/h9,12H,6-8,16H2,1-5H3. The van der Waals surface area contributed by atoms with Crippen LogP contribution in [0.3, 0.4) is 0 Å². The van der Waals surface area contributed by atoms with Crippen molar-refractivity contribution in [2.24, 2.45) is 12.8 Å². The minimum absolute atomic E-state index is 0.182. The van der Waals surface area contributed by atoms with Gasteiger partial charge in [-0.05, 0) is 26.7 Å². The molecule has 0 aromatic carbocycles. The van der Waals surface area contributed by atoms with Crippen molar-refractivity contribution < 1.29 is 0 Å². The topological polar surface area (TPSA) is 60.0 Å². The van der Waals surface area contributed by atoms with E-state index in [0.29, 0.717) is 0 Å². The molecule has 2 heterocycles. The van der Waals surface area contributed by atoms with Gasteiger partial charge < -0.3 is 10.6 Å². The molecule has 0 saturated heterocycles. The molecule has 2 N–H and O–H groups in total. The lowest BCUT2D eigenvalue weighted by Gasteiger charge is -2.21. The van der Waals surface area contributed by atoms with Crippen molar-refractivity contribution in [1.29, 1.82) is 0 Å². The molecule has 21 heavy (non-hydrogen) atoms. The van der Waals surface area contributed by atoms with Crippen LogP contribution in [0.15, 0.2) is 5.38 Å². The fraction of sp³-hybridized carbons (Fsp3) is 0.600. The Balaban J connectivity index is 2.25. The van der Waals surface area contributed by atoms with Gasteiger partial charge in [-0.15, -0.1) is 11.3 Å². The van der Waals surface area contributed by atoms with E-state index in [2.05, 4.69) is 41.3 Å². The van der Waals surface area contributed by atoms with Crippen molar-refractivity contribution in [2.45, 2.75) is 46.2 Å². The molecule has 1 unspecified atom stereocenters. The quantitative estimate of drug-likeness (QED) is 0.890. The van der Waals surface area contributed by atoms with Crippen molar-refractivity contribution in [3.05, 3.63) is 27.3 Å². The number of hydrogen-bond donors (Lipinski definition) is 1. The van der Waals surface area contributed by atoms with Gasteiger partial charge in [0.15, 0.2) is 0 Å². The fourth-order valence-corrected chi connectivity index (χ4v) is 3.22. The third kappa shape index (κ3) is 3.63. The summed E-state index contributed by atoms with van der Waals surface area (Å²) < 4.78 is 1.95. The molecule has 2 rings (SSSR count). The largest absolute Gasteiger partial charge is 0.354 e. The summed E-state index contributed by atoms with van der Waals surface area (Å²) in [5.41, 5.74) is 9.56. The zero-order valence-corrected chi connectivity index (χ0v) is 14.4. The van der Waals surface area contributed by atoms with Gasteiger partial charge in [0.05, 0.1) is 22.9 Å². The first-order valence-electron chi connectivity index (χ1n) is 7.32. The van der Waals surface area contributed by atoms with E-state index < -0.39 is 0 Å². The molecule has 2 aromatic heterocycles. The van der Waals surface area contributed by atoms with Crippen LogP contribution in [-0.4, -0.2) is 27.9 Å².